The zero-order valence-electron chi connectivity index (χ0n) is 12.1. The van der Waals surface area contributed by atoms with Gasteiger partial charge in [0.25, 0.3) is 0 Å². The fourth-order valence-electron chi connectivity index (χ4n) is 4.70. The summed E-state index contributed by atoms with van der Waals surface area (Å²) in [5, 5.41) is 0. The third-order valence-electron chi connectivity index (χ3n) is 4.77. The first-order valence-corrected chi connectivity index (χ1v) is 7.38. The largest absolute Gasteiger partial charge is 0.328 e. The number of hydrogen-bond acceptors (Lipinski definition) is 2. The minimum absolute atomic E-state index is 0.267. The normalized spacial score (nSPS) is 31.6. The highest BCUT2D eigenvalue weighted by Gasteiger charge is 2.47. The van der Waals surface area contributed by atoms with Gasteiger partial charge in [-0.3, -0.25) is 4.90 Å². The molecule has 0 radical (unpaired) electrons. The van der Waals surface area contributed by atoms with Gasteiger partial charge in [0.05, 0.1) is 0 Å². The van der Waals surface area contributed by atoms with E-state index in [2.05, 4.69) is 32.6 Å². The fourth-order valence-corrected chi connectivity index (χ4v) is 4.70. The molecule has 0 amide bonds. The Balaban J connectivity index is 2.21. The first-order chi connectivity index (χ1) is 7.83. The summed E-state index contributed by atoms with van der Waals surface area (Å²) in [7, 11) is 0. The van der Waals surface area contributed by atoms with Gasteiger partial charge in [-0.05, 0) is 53.4 Å². The van der Waals surface area contributed by atoms with Gasteiger partial charge in [0.15, 0.2) is 0 Å². The van der Waals surface area contributed by atoms with Gasteiger partial charge in [0, 0.05) is 23.2 Å². The Hall–Kier alpha value is -0.0800. The number of piperidine rings is 1. The van der Waals surface area contributed by atoms with Gasteiger partial charge in [0.2, 0.25) is 0 Å². The average Bonchev–Trinajstić information content (AvgIpc) is 2.14. The summed E-state index contributed by atoms with van der Waals surface area (Å²) in [4.78, 5) is 2.81. The number of hydrogen-bond donors (Lipinski definition) is 1. The second-order valence-corrected chi connectivity index (χ2v) is 7.46. The molecule has 0 bridgehead atoms. The molecule has 2 fully saturated rings. The van der Waals surface area contributed by atoms with E-state index in [1.165, 1.54) is 32.1 Å². The number of nitrogens with two attached hydrogens (primary N) is 1. The lowest BCUT2D eigenvalue weighted by Crippen LogP contribution is -2.66. The van der Waals surface area contributed by atoms with Gasteiger partial charge < -0.3 is 5.73 Å². The van der Waals surface area contributed by atoms with Crippen molar-refractivity contribution in [3.8, 4) is 0 Å². The van der Waals surface area contributed by atoms with E-state index in [0.29, 0.717) is 6.04 Å². The van der Waals surface area contributed by atoms with Crippen molar-refractivity contribution in [2.24, 2.45) is 5.73 Å². The van der Waals surface area contributed by atoms with Crippen LogP contribution < -0.4 is 5.73 Å². The Labute approximate surface area is 107 Å². The first-order valence-electron chi connectivity index (χ1n) is 7.38. The smallest absolute Gasteiger partial charge is 0.0176 e. The molecule has 0 aromatic carbocycles. The van der Waals surface area contributed by atoms with Crippen LogP contribution in [0, 0.1) is 0 Å². The molecule has 2 aliphatic rings. The molecule has 2 heteroatoms. The van der Waals surface area contributed by atoms with Gasteiger partial charge in [-0.25, -0.2) is 0 Å². The lowest BCUT2D eigenvalue weighted by atomic mass is 9.74. The second-order valence-electron chi connectivity index (χ2n) is 7.46. The van der Waals surface area contributed by atoms with Gasteiger partial charge in [-0.2, -0.15) is 0 Å². The van der Waals surface area contributed by atoms with Gasteiger partial charge in [-0.1, -0.05) is 19.3 Å². The Morgan fingerprint density at radius 3 is 1.82 bits per heavy atom. The second kappa shape index (κ2) is 4.55. The topological polar surface area (TPSA) is 29.3 Å². The first kappa shape index (κ1) is 13.4. The van der Waals surface area contributed by atoms with E-state index in [0.717, 1.165) is 18.9 Å². The molecule has 1 aliphatic heterocycles. The van der Waals surface area contributed by atoms with Crippen molar-refractivity contribution in [1.29, 1.82) is 0 Å². The third-order valence-corrected chi connectivity index (χ3v) is 4.77. The zero-order valence-corrected chi connectivity index (χ0v) is 12.1. The molecule has 100 valence electrons. The van der Waals surface area contributed by atoms with E-state index in [1.807, 2.05) is 0 Å². The molecule has 2 N–H and O–H groups in total. The van der Waals surface area contributed by atoms with Gasteiger partial charge in [-0.15, -0.1) is 0 Å². The van der Waals surface area contributed by atoms with Crippen LogP contribution >= 0.6 is 0 Å². The summed E-state index contributed by atoms with van der Waals surface area (Å²) in [6.07, 6.45) is 9.34. The van der Waals surface area contributed by atoms with Crippen molar-refractivity contribution in [2.75, 3.05) is 0 Å². The highest BCUT2D eigenvalue weighted by molar-refractivity contribution is 5.04. The van der Waals surface area contributed by atoms with Crippen LogP contribution in [0.25, 0.3) is 0 Å². The van der Waals surface area contributed by atoms with Crippen molar-refractivity contribution in [1.82, 2.24) is 4.90 Å². The molecule has 1 aliphatic carbocycles. The van der Waals surface area contributed by atoms with Crippen molar-refractivity contribution in [2.45, 2.75) is 95.8 Å². The Morgan fingerprint density at radius 1 is 0.882 bits per heavy atom. The molecule has 17 heavy (non-hydrogen) atoms. The molecular formula is C15H30N2. The maximum absolute atomic E-state index is 6.25. The molecule has 0 unspecified atom stereocenters. The summed E-state index contributed by atoms with van der Waals surface area (Å²) in [6.45, 7) is 9.56. The summed E-state index contributed by atoms with van der Waals surface area (Å²) in [6, 6.07) is 1.17. The van der Waals surface area contributed by atoms with Crippen LogP contribution in [0.3, 0.4) is 0 Å². The van der Waals surface area contributed by atoms with Crippen LogP contribution in [0.15, 0.2) is 0 Å². The molecule has 1 heterocycles. The number of rotatable bonds is 1. The van der Waals surface area contributed by atoms with Gasteiger partial charge in [0.1, 0.15) is 0 Å². The lowest BCUT2D eigenvalue weighted by molar-refractivity contribution is -0.0767. The minimum atomic E-state index is 0.267. The van der Waals surface area contributed by atoms with Crippen LogP contribution in [-0.2, 0) is 0 Å². The van der Waals surface area contributed by atoms with E-state index >= 15 is 0 Å². The predicted octanol–water partition coefficient (Wildman–Crippen LogP) is 3.30. The maximum atomic E-state index is 6.25. The van der Waals surface area contributed by atoms with Crippen molar-refractivity contribution in [3.05, 3.63) is 0 Å². The Bertz CT molecular complexity index is 246. The summed E-state index contributed by atoms with van der Waals surface area (Å²) in [5.41, 5.74) is 6.79. The molecule has 0 atom stereocenters. The van der Waals surface area contributed by atoms with E-state index in [1.54, 1.807) is 0 Å². The van der Waals surface area contributed by atoms with Gasteiger partial charge >= 0.3 is 0 Å². The van der Waals surface area contributed by atoms with Crippen LogP contribution in [0.4, 0.5) is 0 Å². The van der Waals surface area contributed by atoms with Crippen LogP contribution in [0.1, 0.15) is 72.6 Å². The molecule has 2 rings (SSSR count). The fraction of sp³-hybridized carbons (Fsp3) is 1.00. The quantitative estimate of drug-likeness (QED) is 0.759. The van der Waals surface area contributed by atoms with Crippen LogP contribution in [0.2, 0.25) is 0 Å². The van der Waals surface area contributed by atoms with Crippen LogP contribution in [0.5, 0.6) is 0 Å². The number of likely N-dealkylation sites (tertiary alicyclic amines) is 1. The Morgan fingerprint density at radius 2 is 1.35 bits per heavy atom. The summed E-state index contributed by atoms with van der Waals surface area (Å²) >= 11 is 0. The van der Waals surface area contributed by atoms with E-state index < -0.39 is 0 Å². The van der Waals surface area contributed by atoms with E-state index in [9.17, 15) is 0 Å². The molecule has 0 aromatic rings. The highest BCUT2D eigenvalue weighted by Crippen LogP contribution is 2.42. The summed E-state index contributed by atoms with van der Waals surface area (Å²) in [5.74, 6) is 0. The summed E-state index contributed by atoms with van der Waals surface area (Å²) < 4.78 is 0. The molecule has 0 spiro atoms. The minimum Gasteiger partial charge on any atom is -0.328 e. The average molecular weight is 238 g/mol. The molecule has 1 saturated carbocycles. The molecule has 0 aromatic heterocycles. The highest BCUT2D eigenvalue weighted by atomic mass is 15.3. The van der Waals surface area contributed by atoms with Crippen molar-refractivity contribution >= 4 is 0 Å². The number of nitrogens with zero attached hydrogens (tertiary/aromatic N) is 1. The van der Waals surface area contributed by atoms with E-state index in [-0.39, 0.29) is 11.1 Å². The standard InChI is InChI=1S/C15H30N2/c1-14(2)10-12(16)11-15(3,4)17(14)13-8-6-5-7-9-13/h12-13H,5-11,16H2,1-4H3. The van der Waals surface area contributed by atoms with Crippen molar-refractivity contribution in [3.63, 3.8) is 0 Å². The monoisotopic (exact) mass is 238 g/mol. The lowest BCUT2D eigenvalue weighted by Gasteiger charge is -2.58. The molecular weight excluding hydrogens is 208 g/mol. The third kappa shape index (κ3) is 2.68. The molecule has 1 saturated heterocycles. The molecule has 2 nitrogen and oxygen atoms in total. The SMILES string of the molecule is CC1(C)CC(N)CC(C)(C)N1C1CCCCC1. The Kier molecular flexibility index (Phi) is 3.57. The van der Waals surface area contributed by atoms with E-state index in [4.69, 9.17) is 5.73 Å². The predicted molar refractivity (Wildman–Crippen MR) is 74.1 cm³/mol. The van der Waals surface area contributed by atoms with Crippen molar-refractivity contribution < 1.29 is 0 Å². The maximum Gasteiger partial charge on any atom is 0.0176 e. The zero-order chi connectivity index (χ0) is 12.7. The van der Waals surface area contributed by atoms with Crippen LogP contribution in [-0.4, -0.2) is 28.1 Å².